The molecule has 2 aromatic rings. The number of hydrogen-bond acceptors (Lipinski definition) is 2. The van der Waals surface area contributed by atoms with Gasteiger partial charge in [0.1, 0.15) is 11.3 Å². The summed E-state index contributed by atoms with van der Waals surface area (Å²) >= 11 is 6.19. The normalized spacial score (nSPS) is 24.4. The largest absolute Gasteiger partial charge is 0.381 e. The molecule has 3 rings (SSSR count). The van der Waals surface area contributed by atoms with Crippen molar-refractivity contribution in [1.82, 2.24) is 9.55 Å². The van der Waals surface area contributed by atoms with Crippen molar-refractivity contribution in [2.75, 3.05) is 7.11 Å². The topological polar surface area (TPSA) is 27.1 Å². The molecule has 3 nitrogen and oxygen atoms in total. The molecule has 0 aliphatic heterocycles. The van der Waals surface area contributed by atoms with Crippen molar-refractivity contribution in [3.8, 4) is 0 Å². The lowest BCUT2D eigenvalue weighted by atomic mass is 9.88. The molecule has 0 amide bonds. The van der Waals surface area contributed by atoms with Gasteiger partial charge in [0.25, 0.3) is 0 Å². The van der Waals surface area contributed by atoms with Gasteiger partial charge in [0.2, 0.25) is 0 Å². The van der Waals surface area contributed by atoms with Crippen LogP contribution in [-0.2, 0) is 4.74 Å². The lowest BCUT2D eigenvalue weighted by Gasteiger charge is -2.36. The summed E-state index contributed by atoms with van der Waals surface area (Å²) in [4.78, 5) is 4.38. The molecule has 19 heavy (non-hydrogen) atoms. The third-order valence-electron chi connectivity index (χ3n) is 3.82. The summed E-state index contributed by atoms with van der Waals surface area (Å²) in [6.07, 6.45) is 2.14. The number of hydrogen-bond donors (Lipinski definition) is 0. The number of methoxy groups -OCH3 is 1. The first kappa shape index (κ1) is 12.9. The first-order valence-electron chi connectivity index (χ1n) is 6.45. The molecular formula is C14H16ClFN2O. The molecule has 0 spiro atoms. The van der Waals surface area contributed by atoms with E-state index >= 15 is 0 Å². The molecule has 1 aromatic heterocycles. The van der Waals surface area contributed by atoms with E-state index in [4.69, 9.17) is 16.3 Å². The van der Waals surface area contributed by atoms with Crippen molar-refractivity contribution >= 4 is 22.6 Å². The zero-order valence-electron chi connectivity index (χ0n) is 10.9. The van der Waals surface area contributed by atoms with Gasteiger partial charge in [-0.3, -0.25) is 0 Å². The van der Waals surface area contributed by atoms with Gasteiger partial charge >= 0.3 is 0 Å². The summed E-state index contributed by atoms with van der Waals surface area (Å²) in [5.74, 6) is 0.443. The maximum Gasteiger partial charge on any atom is 0.151 e. The number of imidazole rings is 1. The molecule has 1 aliphatic carbocycles. The van der Waals surface area contributed by atoms with Gasteiger partial charge in [-0.1, -0.05) is 6.07 Å². The Morgan fingerprint density at radius 2 is 2.21 bits per heavy atom. The smallest absolute Gasteiger partial charge is 0.151 e. The van der Waals surface area contributed by atoms with E-state index in [-0.39, 0.29) is 17.3 Å². The average Bonchev–Trinajstić information content (AvgIpc) is 2.69. The van der Waals surface area contributed by atoms with Crippen LogP contribution in [0.25, 0.3) is 11.0 Å². The lowest BCUT2D eigenvalue weighted by Crippen LogP contribution is -2.33. The summed E-state index contributed by atoms with van der Waals surface area (Å²) in [5, 5.41) is -0.242. The lowest BCUT2D eigenvalue weighted by molar-refractivity contribution is 0.00658. The van der Waals surface area contributed by atoms with Crippen molar-refractivity contribution in [2.24, 2.45) is 0 Å². The summed E-state index contributed by atoms with van der Waals surface area (Å²) in [6.45, 7) is 1.86. The fourth-order valence-electron chi connectivity index (χ4n) is 2.71. The van der Waals surface area contributed by atoms with Crippen LogP contribution >= 0.6 is 11.6 Å². The van der Waals surface area contributed by atoms with Crippen LogP contribution in [0.15, 0.2) is 18.2 Å². The Bertz CT molecular complexity index is 605. The number of halogens is 2. The number of aromatic nitrogens is 2. The molecule has 5 heteroatoms. The predicted octanol–water partition coefficient (Wildman–Crippen LogP) is 3.83. The van der Waals surface area contributed by atoms with Crippen molar-refractivity contribution in [3.05, 3.63) is 29.8 Å². The van der Waals surface area contributed by atoms with Crippen molar-refractivity contribution in [2.45, 2.75) is 37.3 Å². The van der Waals surface area contributed by atoms with E-state index in [2.05, 4.69) is 9.55 Å². The number of benzene rings is 1. The standard InChI is InChI=1S/C14H16ClFN2O/c1-8(15)14-17-13-11(16)4-3-5-12(13)18(14)9-6-10(7-9)19-2/h3-5,8-10H,6-7H2,1-2H3. The molecule has 1 aliphatic rings. The quantitative estimate of drug-likeness (QED) is 0.800. The molecule has 1 heterocycles. The van der Waals surface area contributed by atoms with Gasteiger partial charge in [-0.15, -0.1) is 11.6 Å². The van der Waals surface area contributed by atoms with Crippen LogP contribution in [-0.4, -0.2) is 22.8 Å². The van der Waals surface area contributed by atoms with E-state index in [0.717, 1.165) is 24.2 Å². The van der Waals surface area contributed by atoms with Gasteiger partial charge in [-0.2, -0.15) is 0 Å². The van der Waals surface area contributed by atoms with Crippen LogP contribution in [0.2, 0.25) is 0 Å². The Morgan fingerprint density at radius 3 is 2.84 bits per heavy atom. The van der Waals surface area contributed by atoms with Crippen molar-refractivity contribution in [3.63, 3.8) is 0 Å². The Morgan fingerprint density at radius 1 is 1.47 bits per heavy atom. The van der Waals surface area contributed by atoms with Crippen molar-refractivity contribution < 1.29 is 9.13 Å². The van der Waals surface area contributed by atoms with E-state index < -0.39 is 0 Å². The number of alkyl halides is 1. The Balaban J connectivity index is 2.10. The highest BCUT2D eigenvalue weighted by molar-refractivity contribution is 6.20. The van der Waals surface area contributed by atoms with Gasteiger partial charge in [-0.25, -0.2) is 9.37 Å². The van der Waals surface area contributed by atoms with Gasteiger partial charge in [0.05, 0.1) is 17.0 Å². The predicted molar refractivity (Wildman–Crippen MR) is 73.0 cm³/mol. The Hall–Kier alpha value is -1.13. The van der Waals surface area contributed by atoms with Crippen LogP contribution in [0.3, 0.4) is 0 Å². The molecule has 0 radical (unpaired) electrons. The summed E-state index contributed by atoms with van der Waals surface area (Å²) in [5.41, 5.74) is 1.23. The molecule has 1 aromatic carbocycles. The van der Waals surface area contributed by atoms with Crippen LogP contribution < -0.4 is 0 Å². The number of ether oxygens (including phenoxy) is 1. The number of rotatable bonds is 3. The van der Waals surface area contributed by atoms with Gasteiger partial charge < -0.3 is 9.30 Å². The molecule has 0 N–H and O–H groups in total. The molecule has 102 valence electrons. The zero-order valence-corrected chi connectivity index (χ0v) is 11.7. The van der Waals surface area contributed by atoms with Gasteiger partial charge in [0.15, 0.2) is 5.82 Å². The zero-order chi connectivity index (χ0) is 13.6. The minimum Gasteiger partial charge on any atom is -0.381 e. The molecule has 1 atom stereocenters. The summed E-state index contributed by atoms with van der Waals surface area (Å²) in [7, 11) is 1.72. The number of fused-ring (bicyclic) bond motifs is 1. The Kier molecular flexibility index (Phi) is 3.23. The maximum absolute atomic E-state index is 13.8. The Labute approximate surface area is 116 Å². The second kappa shape index (κ2) is 4.76. The highest BCUT2D eigenvalue weighted by Crippen LogP contribution is 2.39. The highest BCUT2D eigenvalue weighted by atomic mass is 35.5. The minimum atomic E-state index is -0.294. The van der Waals surface area contributed by atoms with E-state index in [1.807, 2.05) is 13.0 Å². The summed E-state index contributed by atoms with van der Waals surface area (Å²) < 4.78 is 21.2. The SMILES string of the molecule is COC1CC(n2c(C(C)Cl)nc3c(F)cccc32)C1. The first-order valence-corrected chi connectivity index (χ1v) is 6.88. The van der Waals surface area contributed by atoms with Crippen LogP contribution in [0.1, 0.15) is 37.0 Å². The average molecular weight is 283 g/mol. The van der Waals surface area contributed by atoms with Gasteiger partial charge in [-0.05, 0) is 31.9 Å². The van der Waals surface area contributed by atoms with E-state index in [0.29, 0.717) is 11.6 Å². The second-order valence-corrected chi connectivity index (χ2v) is 5.70. The molecule has 1 fully saturated rings. The molecular weight excluding hydrogens is 267 g/mol. The number of nitrogens with zero attached hydrogens (tertiary/aromatic N) is 2. The highest BCUT2D eigenvalue weighted by Gasteiger charge is 2.34. The second-order valence-electron chi connectivity index (χ2n) is 5.05. The van der Waals surface area contributed by atoms with Crippen LogP contribution in [0.4, 0.5) is 4.39 Å². The first-order chi connectivity index (χ1) is 9.11. The fourth-order valence-corrected chi connectivity index (χ4v) is 2.86. The van der Waals surface area contributed by atoms with Crippen LogP contribution in [0.5, 0.6) is 0 Å². The maximum atomic E-state index is 13.8. The third kappa shape index (κ3) is 2.03. The molecule has 0 saturated heterocycles. The molecule has 1 unspecified atom stereocenters. The van der Waals surface area contributed by atoms with E-state index in [1.165, 1.54) is 6.07 Å². The molecule has 1 saturated carbocycles. The third-order valence-corrected chi connectivity index (χ3v) is 4.02. The van der Waals surface area contributed by atoms with E-state index in [1.54, 1.807) is 13.2 Å². The van der Waals surface area contributed by atoms with E-state index in [9.17, 15) is 4.39 Å². The fraction of sp³-hybridized carbons (Fsp3) is 0.500. The van der Waals surface area contributed by atoms with Crippen molar-refractivity contribution in [1.29, 1.82) is 0 Å². The van der Waals surface area contributed by atoms with Crippen LogP contribution in [0, 0.1) is 5.82 Å². The van der Waals surface area contributed by atoms with Gasteiger partial charge in [0, 0.05) is 13.2 Å². The molecule has 0 bridgehead atoms. The summed E-state index contributed by atoms with van der Waals surface area (Å²) in [6, 6.07) is 5.34. The minimum absolute atomic E-state index is 0.242. The monoisotopic (exact) mass is 282 g/mol. The number of para-hydroxylation sites is 1.